The second kappa shape index (κ2) is 5.90. The van der Waals surface area contributed by atoms with Crippen LogP contribution in [0.25, 0.3) is 0 Å². The van der Waals surface area contributed by atoms with Crippen LogP contribution in [-0.2, 0) is 0 Å². The fourth-order valence-electron chi connectivity index (χ4n) is 1.44. The zero-order chi connectivity index (χ0) is 14.6. The van der Waals surface area contributed by atoms with Gasteiger partial charge in [-0.15, -0.1) is 0 Å². The molecule has 0 heterocycles. The van der Waals surface area contributed by atoms with Gasteiger partial charge in [-0.1, -0.05) is 12.1 Å². The zero-order valence-electron chi connectivity index (χ0n) is 10.5. The highest BCUT2D eigenvalue weighted by Gasteiger charge is 2.29. The predicted octanol–water partition coefficient (Wildman–Crippen LogP) is 3.09. The maximum atomic E-state index is 12.7. The van der Waals surface area contributed by atoms with E-state index in [4.69, 9.17) is 0 Å². The van der Waals surface area contributed by atoms with Crippen molar-refractivity contribution in [3.63, 3.8) is 0 Å². The minimum absolute atomic E-state index is 0.417. The van der Waals surface area contributed by atoms with Gasteiger partial charge in [-0.2, -0.15) is 13.2 Å². The molecule has 19 heavy (non-hydrogen) atoms. The number of urea groups is 1. The molecule has 0 spiro atoms. The molecule has 3 nitrogen and oxygen atoms in total. The van der Waals surface area contributed by atoms with Crippen molar-refractivity contribution in [3.05, 3.63) is 35.6 Å². The summed E-state index contributed by atoms with van der Waals surface area (Å²) in [6, 6.07) is 4.12. The number of hydrogen-bond donors (Lipinski definition) is 1. The molecular weight excluding hydrogens is 264 g/mol. The Hall–Kier alpha value is -1.79. The van der Waals surface area contributed by atoms with Gasteiger partial charge in [-0.3, -0.25) is 0 Å². The van der Waals surface area contributed by atoms with Crippen LogP contribution in [0.3, 0.4) is 0 Å². The second-order valence-electron chi connectivity index (χ2n) is 4.11. The van der Waals surface area contributed by atoms with Gasteiger partial charge in [-0.25, -0.2) is 9.18 Å². The molecule has 7 heteroatoms. The summed E-state index contributed by atoms with van der Waals surface area (Å²) < 4.78 is 48.7. The van der Waals surface area contributed by atoms with Crippen molar-refractivity contribution in [1.29, 1.82) is 0 Å². The predicted molar refractivity (Wildman–Crippen MR) is 62.0 cm³/mol. The average Bonchev–Trinajstić information content (AvgIpc) is 2.34. The van der Waals surface area contributed by atoms with Crippen molar-refractivity contribution in [2.45, 2.75) is 19.1 Å². The summed E-state index contributed by atoms with van der Waals surface area (Å²) in [5.41, 5.74) is 0.631. The number of alkyl halides is 3. The normalized spacial score (nSPS) is 12.9. The van der Waals surface area contributed by atoms with Crippen molar-refractivity contribution < 1.29 is 22.4 Å². The molecule has 0 aliphatic rings. The molecule has 0 aromatic heterocycles. The summed E-state index contributed by atoms with van der Waals surface area (Å²) in [5, 5.41) is 1.77. The summed E-state index contributed by atoms with van der Waals surface area (Å²) in [5.74, 6) is -0.417. The van der Waals surface area contributed by atoms with Crippen LogP contribution in [-0.4, -0.2) is 30.7 Å². The van der Waals surface area contributed by atoms with Gasteiger partial charge in [0.1, 0.15) is 12.4 Å². The Kier molecular flexibility index (Phi) is 4.74. The maximum Gasteiger partial charge on any atom is 0.405 e. The van der Waals surface area contributed by atoms with E-state index < -0.39 is 30.6 Å². The largest absolute Gasteiger partial charge is 0.405 e. The van der Waals surface area contributed by atoms with Gasteiger partial charge in [-0.05, 0) is 24.6 Å². The van der Waals surface area contributed by atoms with Crippen molar-refractivity contribution in [1.82, 2.24) is 10.2 Å². The van der Waals surface area contributed by atoms with Gasteiger partial charge in [0.2, 0.25) is 0 Å². The lowest BCUT2D eigenvalue weighted by Gasteiger charge is -2.25. The lowest BCUT2D eigenvalue weighted by atomic mass is 10.1. The van der Waals surface area contributed by atoms with Crippen LogP contribution in [0.4, 0.5) is 22.4 Å². The summed E-state index contributed by atoms with van der Waals surface area (Å²) >= 11 is 0. The van der Waals surface area contributed by atoms with Gasteiger partial charge in [0.05, 0.1) is 6.04 Å². The molecule has 2 amide bonds. The minimum Gasteiger partial charge on any atom is -0.329 e. The first-order chi connectivity index (χ1) is 8.70. The van der Waals surface area contributed by atoms with E-state index in [0.29, 0.717) is 5.56 Å². The van der Waals surface area contributed by atoms with E-state index in [9.17, 15) is 22.4 Å². The average molecular weight is 278 g/mol. The van der Waals surface area contributed by atoms with Gasteiger partial charge < -0.3 is 10.2 Å². The van der Waals surface area contributed by atoms with Crippen LogP contribution >= 0.6 is 0 Å². The summed E-state index contributed by atoms with van der Waals surface area (Å²) in [6.07, 6.45) is -4.45. The van der Waals surface area contributed by atoms with Gasteiger partial charge in [0.15, 0.2) is 0 Å². The monoisotopic (exact) mass is 278 g/mol. The first-order valence-electron chi connectivity index (χ1n) is 5.53. The third kappa shape index (κ3) is 4.76. The standard InChI is InChI=1S/C12H14F4N2O/c1-8(9-3-5-10(13)6-4-9)18(2)11(19)17-7-12(14,15)16/h3-6,8H,7H2,1-2H3,(H,17,19). The van der Waals surface area contributed by atoms with Crippen molar-refractivity contribution in [3.8, 4) is 0 Å². The highest BCUT2D eigenvalue weighted by atomic mass is 19.4. The van der Waals surface area contributed by atoms with E-state index in [1.807, 2.05) is 0 Å². The third-order valence-corrected chi connectivity index (χ3v) is 2.69. The van der Waals surface area contributed by atoms with E-state index in [0.717, 1.165) is 4.90 Å². The van der Waals surface area contributed by atoms with Crippen LogP contribution in [0.2, 0.25) is 0 Å². The number of rotatable bonds is 3. The Balaban J connectivity index is 2.63. The highest BCUT2D eigenvalue weighted by Crippen LogP contribution is 2.19. The van der Waals surface area contributed by atoms with E-state index in [2.05, 4.69) is 0 Å². The van der Waals surface area contributed by atoms with Crippen LogP contribution < -0.4 is 5.32 Å². The molecule has 0 saturated heterocycles. The minimum atomic E-state index is -4.45. The first-order valence-corrected chi connectivity index (χ1v) is 5.53. The molecule has 1 atom stereocenters. The van der Waals surface area contributed by atoms with E-state index in [-0.39, 0.29) is 0 Å². The molecule has 0 radical (unpaired) electrons. The smallest absolute Gasteiger partial charge is 0.329 e. The second-order valence-corrected chi connectivity index (χ2v) is 4.11. The lowest BCUT2D eigenvalue weighted by molar-refractivity contribution is -0.123. The number of carbonyl (C=O) groups is 1. The molecule has 1 aromatic carbocycles. The maximum absolute atomic E-state index is 12.7. The Morgan fingerprint density at radius 3 is 2.32 bits per heavy atom. The molecule has 1 aromatic rings. The number of benzene rings is 1. The Bertz CT molecular complexity index is 430. The van der Waals surface area contributed by atoms with Crippen LogP contribution in [0.5, 0.6) is 0 Å². The number of nitrogens with one attached hydrogen (secondary N) is 1. The van der Waals surface area contributed by atoms with E-state index in [1.165, 1.54) is 31.3 Å². The van der Waals surface area contributed by atoms with Gasteiger partial charge in [0.25, 0.3) is 0 Å². The highest BCUT2D eigenvalue weighted by molar-refractivity contribution is 5.74. The number of hydrogen-bond acceptors (Lipinski definition) is 1. The van der Waals surface area contributed by atoms with Gasteiger partial charge in [0, 0.05) is 7.05 Å². The Morgan fingerprint density at radius 2 is 1.84 bits per heavy atom. The molecule has 106 valence electrons. The summed E-state index contributed by atoms with van der Waals surface area (Å²) in [6.45, 7) is 0.257. The van der Waals surface area contributed by atoms with Crippen LogP contribution in [0, 0.1) is 5.82 Å². The number of carbonyl (C=O) groups excluding carboxylic acids is 1. The zero-order valence-corrected chi connectivity index (χ0v) is 10.5. The molecule has 0 saturated carbocycles. The van der Waals surface area contributed by atoms with Crippen molar-refractivity contribution in [2.75, 3.05) is 13.6 Å². The van der Waals surface area contributed by atoms with Gasteiger partial charge >= 0.3 is 12.2 Å². The molecular formula is C12H14F4N2O. The number of amides is 2. The molecule has 0 bridgehead atoms. The lowest BCUT2D eigenvalue weighted by Crippen LogP contribution is -2.42. The van der Waals surface area contributed by atoms with Crippen molar-refractivity contribution in [2.24, 2.45) is 0 Å². The third-order valence-electron chi connectivity index (χ3n) is 2.69. The van der Waals surface area contributed by atoms with Crippen LogP contribution in [0.15, 0.2) is 24.3 Å². The fraction of sp³-hybridized carbons (Fsp3) is 0.417. The van der Waals surface area contributed by atoms with Crippen LogP contribution in [0.1, 0.15) is 18.5 Å². The number of halogens is 4. The fourth-order valence-corrected chi connectivity index (χ4v) is 1.44. The first kappa shape index (κ1) is 15.3. The molecule has 0 fully saturated rings. The van der Waals surface area contributed by atoms with E-state index >= 15 is 0 Å². The molecule has 0 aliphatic carbocycles. The number of nitrogens with zero attached hydrogens (tertiary/aromatic N) is 1. The Morgan fingerprint density at radius 1 is 1.32 bits per heavy atom. The molecule has 1 N–H and O–H groups in total. The molecule has 1 rings (SSSR count). The molecule has 1 unspecified atom stereocenters. The summed E-state index contributed by atoms with van der Waals surface area (Å²) in [4.78, 5) is 12.6. The van der Waals surface area contributed by atoms with E-state index in [1.54, 1.807) is 12.2 Å². The Labute approximate surface area is 108 Å². The quantitative estimate of drug-likeness (QED) is 0.847. The topological polar surface area (TPSA) is 32.3 Å². The SMILES string of the molecule is CC(c1ccc(F)cc1)N(C)C(=O)NCC(F)(F)F. The van der Waals surface area contributed by atoms with Crippen molar-refractivity contribution >= 4 is 6.03 Å². The summed E-state index contributed by atoms with van der Waals surface area (Å²) in [7, 11) is 1.37. The molecule has 0 aliphatic heterocycles.